The fourth-order valence-corrected chi connectivity index (χ4v) is 1.96. The van der Waals surface area contributed by atoms with Gasteiger partial charge in [0, 0.05) is 5.56 Å². The minimum Gasteiger partial charge on any atom is -0.496 e. The monoisotopic (exact) mass is 252 g/mol. The van der Waals surface area contributed by atoms with E-state index in [1.54, 1.807) is 7.11 Å². The Balaban J connectivity index is 3.22. The van der Waals surface area contributed by atoms with Gasteiger partial charge in [0.2, 0.25) is 0 Å². The zero-order valence-electron chi connectivity index (χ0n) is 12.1. The summed E-state index contributed by atoms with van der Waals surface area (Å²) in [6, 6.07) is 3.76. The molecule has 3 heteroatoms. The van der Waals surface area contributed by atoms with Gasteiger partial charge in [0.1, 0.15) is 11.9 Å². The molecule has 0 radical (unpaired) electrons. The maximum atomic E-state index is 10.3. The average molecular weight is 252 g/mol. The van der Waals surface area contributed by atoms with Gasteiger partial charge in [-0.05, 0) is 30.4 Å². The molecular formula is C15H24O3. The molecule has 1 rings (SSSR count). The molecule has 0 fully saturated rings. The van der Waals surface area contributed by atoms with Crippen molar-refractivity contribution in [3.63, 3.8) is 0 Å². The molecule has 0 heterocycles. The van der Waals surface area contributed by atoms with E-state index in [0.717, 1.165) is 11.1 Å². The Morgan fingerprint density at radius 3 is 2.11 bits per heavy atom. The lowest BCUT2D eigenvalue weighted by atomic mass is 9.83. The smallest absolute Gasteiger partial charge is 0.127 e. The number of aryl methyl sites for hydroxylation is 1. The van der Waals surface area contributed by atoms with E-state index in [4.69, 9.17) is 4.74 Å². The molecule has 0 aromatic heterocycles. The van der Waals surface area contributed by atoms with Gasteiger partial charge in [-0.2, -0.15) is 0 Å². The van der Waals surface area contributed by atoms with Crippen molar-refractivity contribution in [2.75, 3.05) is 7.11 Å². The highest BCUT2D eigenvalue weighted by Crippen LogP contribution is 2.36. The largest absolute Gasteiger partial charge is 0.496 e. The highest BCUT2D eigenvalue weighted by atomic mass is 16.5. The first-order valence-corrected chi connectivity index (χ1v) is 6.20. The summed E-state index contributed by atoms with van der Waals surface area (Å²) in [6.07, 6.45) is -1.78. The molecule has 0 bridgehead atoms. The third-order valence-corrected chi connectivity index (χ3v) is 3.42. The average Bonchev–Trinajstić information content (AvgIpc) is 2.29. The standard InChI is InChI=1S/C15H24O3/c1-9-7-8-11(13(18-6)10(9)2)12(16)14(17)15(3,4)5/h7-8,12,14,16-17H,1-6H3. The molecule has 0 saturated carbocycles. The van der Waals surface area contributed by atoms with E-state index in [2.05, 4.69) is 0 Å². The molecule has 102 valence electrons. The molecule has 1 aromatic rings. The van der Waals surface area contributed by atoms with Crippen molar-refractivity contribution in [2.45, 2.75) is 46.8 Å². The van der Waals surface area contributed by atoms with Crippen LogP contribution in [-0.2, 0) is 0 Å². The number of aliphatic hydroxyl groups excluding tert-OH is 2. The van der Waals surface area contributed by atoms with E-state index in [9.17, 15) is 10.2 Å². The SMILES string of the molecule is COc1c(C(O)C(O)C(C)(C)C)ccc(C)c1C. The van der Waals surface area contributed by atoms with Crippen LogP contribution in [0, 0.1) is 19.3 Å². The molecule has 2 atom stereocenters. The van der Waals surface area contributed by atoms with E-state index in [1.807, 2.05) is 46.8 Å². The summed E-state index contributed by atoms with van der Waals surface area (Å²) < 4.78 is 5.37. The lowest BCUT2D eigenvalue weighted by molar-refractivity contribution is -0.0466. The van der Waals surface area contributed by atoms with Crippen LogP contribution >= 0.6 is 0 Å². The molecule has 0 aliphatic heterocycles. The molecule has 0 amide bonds. The summed E-state index contributed by atoms with van der Waals surface area (Å²) in [6.45, 7) is 9.64. The van der Waals surface area contributed by atoms with Crippen molar-refractivity contribution in [1.29, 1.82) is 0 Å². The van der Waals surface area contributed by atoms with Gasteiger partial charge >= 0.3 is 0 Å². The van der Waals surface area contributed by atoms with E-state index < -0.39 is 12.2 Å². The number of methoxy groups -OCH3 is 1. The Morgan fingerprint density at radius 2 is 1.67 bits per heavy atom. The Kier molecular flexibility index (Phi) is 4.41. The van der Waals surface area contributed by atoms with Crippen molar-refractivity contribution in [2.24, 2.45) is 5.41 Å². The summed E-state index contributed by atoms with van der Waals surface area (Å²) in [5, 5.41) is 20.5. The van der Waals surface area contributed by atoms with Crippen molar-refractivity contribution in [3.05, 3.63) is 28.8 Å². The van der Waals surface area contributed by atoms with Gasteiger partial charge in [0.05, 0.1) is 13.2 Å². The second-order valence-corrected chi connectivity index (χ2v) is 5.89. The number of hydrogen-bond donors (Lipinski definition) is 2. The van der Waals surface area contributed by atoms with Gasteiger partial charge in [-0.3, -0.25) is 0 Å². The fourth-order valence-electron chi connectivity index (χ4n) is 1.96. The van der Waals surface area contributed by atoms with Crippen LogP contribution in [0.4, 0.5) is 0 Å². The number of aliphatic hydroxyl groups is 2. The normalized spacial score (nSPS) is 15.3. The van der Waals surface area contributed by atoms with Gasteiger partial charge < -0.3 is 14.9 Å². The topological polar surface area (TPSA) is 49.7 Å². The zero-order chi connectivity index (χ0) is 14.1. The predicted molar refractivity (Wildman–Crippen MR) is 72.9 cm³/mol. The van der Waals surface area contributed by atoms with Crippen LogP contribution in [0.3, 0.4) is 0 Å². The van der Waals surface area contributed by atoms with Crippen molar-refractivity contribution in [1.82, 2.24) is 0 Å². The highest BCUT2D eigenvalue weighted by molar-refractivity contribution is 5.46. The molecular weight excluding hydrogens is 228 g/mol. The van der Waals surface area contributed by atoms with Crippen LogP contribution in [-0.4, -0.2) is 23.4 Å². The van der Waals surface area contributed by atoms with Gasteiger partial charge in [-0.15, -0.1) is 0 Å². The first-order chi connectivity index (χ1) is 8.20. The number of benzene rings is 1. The van der Waals surface area contributed by atoms with Gasteiger partial charge in [0.15, 0.2) is 0 Å². The second-order valence-electron chi connectivity index (χ2n) is 5.89. The van der Waals surface area contributed by atoms with E-state index >= 15 is 0 Å². The molecule has 3 nitrogen and oxygen atoms in total. The molecule has 0 aliphatic carbocycles. The summed E-state index contributed by atoms with van der Waals surface area (Å²) in [5.74, 6) is 0.658. The highest BCUT2D eigenvalue weighted by Gasteiger charge is 2.32. The van der Waals surface area contributed by atoms with E-state index in [0.29, 0.717) is 11.3 Å². The van der Waals surface area contributed by atoms with Gasteiger partial charge in [0.25, 0.3) is 0 Å². The first-order valence-electron chi connectivity index (χ1n) is 6.20. The molecule has 0 aliphatic rings. The summed E-state index contributed by atoms with van der Waals surface area (Å²) in [5.41, 5.74) is 2.36. The lowest BCUT2D eigenvalue weighted by Crippen LogP contribution is -2.32. The first kappa shape index (κ1) is 15.0. The minimum atomic E-state index is -0.945. The zero-order valence-corrected chi connectivity index (χ0v) is 12.1. The Hall–Kier alpha value is -1.06. The number of rotatable bonds is 3. The third-order valence-electron chi connectivity index (χ3n) is 3.42. The van der Waals surface area contributed by atoms with Gasteiger partial charge in [-0.1, -0.05) is 32.9 Å². The van der Waals surface area contributed by atoms with Crippen molar-refractivity contribution >= 4 is 0 Å². The maximum absolute atomic E-state index is 10.3. The molecule has 0 spiro atoms. The number of ether oxygens (including phenoxy) is 1. The second kappa shape index (κ2) is 5.29. The third kappa shape index (κ3) is 2.85. The quantitative estimate of drug-likeness (QED) is 0.869. The fraction of sp³-hybridized carbons (Fsp3) is 0.600. The molecule has 18 heavy (non-hydrogen) atoms. The van der Waals surface area contributed by atoms with Crippen molar-refractivity contribution < 1.29 is 14.9 Å². The summed E-state index contributed by atoms with van der Waals surface area (Å²) in [7, 11) is 1.58. The molecule has 1 aromatic carbocycles. The molecule has 2 N–H and O–H groups in total. The molecule has 0 saturated heterocycles. The van der Waals surface area contributed by atoms with E-state index in [-0.39, 0.29) is 5.41 Å². The Morgan fingerprint density at radius 1 is 1.11 bits per heavy atom. The maximum Gasteiger partial charge on any atom is 0.127 e. The van der Waals surface area contributed by atoms with Crippen LogP contribution < -0.4 is 4.74 Å². The van der Waals surface area contributed by atoms with E-state index in [1.165, 1.54) is 0 Å². The van der Waals surface area contributed by atoms with Crippen LogP contribution in [0.2, 0.25) is 0 Å². The summed E-state index contributed by atoms with van der Waals surface area (Å²) >= 11 is 0. The van der Waals surface area contributed by atoms with Crippen LogP contribution in [0.1, 0.15) is 43.6 Å². The minimum absolute atomic E-state index is 0.386. The Labute approximate surface area is 109 Å². The van der Waals surface area contributed by atoms with Gasteiger partial charge in [-0.25, -0.2) is 0 Å². The lowest BCUT2D eigenvalue weighted by Gasteiger charge is -2.31. The molecule has 2 unspecified atom stereocenters. The van der Waals surface area contributed by atoms with Crippen LogP contribution in [0.25, 0.3) is 0 Å². The van der Waals surface area contributed by atoms with Crippen LogP contribution in [0.15, 0.2) is 12.1 Å². The van der Waals surface area contributed by atoms with Crippen molar-refractivity contribution in [3.8, 4) is 5.75 Å². The Bertz CT molecular complexity index is 418. The number of hydrogen-bond acceptors (Lipinski definition) is 3. The predicted octanol–water partition coefficient (Wildman–Crippen LogP) is 2.75. The van der Waals surface area contributed by atoms with Crippen LogP contribution in [0.5, 0.6) is 5.75 Å². The summed E-state index contributed by atoms with van der Waals surface area (Å²) in [4.78, 5) is 0.